The van der Waals surface area contributed by atoms with Gasteiger partial charge in [-0.25, -0.2) is 9.37 Å². The van der Waals surface area contributed by atoms with Crippen LogP contribution in [0.2, 0.25) is 0 Å². The number of alkyl halides is 1. The molecule has 0 fully saturated rings. The number of nitrogens with zero attached hydrogens (tertiary/aromatic N) is 3. The van der Waals surface area contributed by atoms with Crippen molar-refractivity contribution in [1.29, 1.82) is 0 Å². The van der Waals surface area contributed by atoms with E-state index >= 15 is 4.39 Å². The average Bonchev–Trinajstić information content (AvgIpc) is 3.55. The lowest BCUT2D eigenvalue weighted by Crippen LogP contribution is -2.00. The molecule has 0 radical (unpaired) electrons. The standard InChI is InChI=1S/C35H22FN3O/c36-34(23-9-5-8-22(18-23)30-14-3-4-16-37-30)24-10-6-11-25(19-24)39-31-20-29-26-12-1-2-15-32(26)40-33(29)21-28(31)27-13-7-17-38-35(27)39/h1-21,34H. The summed E-state index contributed by atoms with van der Waals surface area (Å²) in [6.45, 7) is 0. The van der Waals surface area contributed by atoms with Crippen molar-refractivity contribution in [1.82, 2.24) is 14.5 Å². The minimum Gasteiger partial charge on any atom is -0.456 e. The van der Waals surface area contributed by atoms with Crippen molar-refractivity contribution in [3.05, 3.63) is 139 Å². The van der Waals surface area contributed by atoms with E-state index in [2.05, 4.69) is 33.8 Å². The van der Waals surface area contributed by atoms with Crippen LogP contribution in [0.15, 0.2) is 132 Å². The Labute approximate surface area is 229 Å². The fraction of sp³-hybridized carbons (Fsp3) is 0.0286. The second kappa shape index (κ2) is 8.89. The fourth-order valence-electron chi connectivity index (χ4n) is 5.72. The lowest BCUT2D eigenvalue weighted by Gasteiger charge is -2.14. The molecule has 0 aliphatic carbocycles. The minimum absolute atomic E-state index is 0.580. The third-order valence-corrected chi connectivity index (χ3v) is 7.59. The van der Waals surface area contributed by atoms with E-state index in [4.69, 9.17) is 9.40 Å². The number of fused-ring (bicyclic) bond motifs is 6. The molecule has 0 aliphatic rings. The maximum atomic E-state index is 16.1. The number of aromatic nitrogens is 3. The van der Waals surface area contributed by atoms with E-state index in [0.717, 1.165) is 60.8 Å². The van der Waals surface area contributed by atoms with Crippen LogP contribution in [-0.4, -0.2) is 14.5 Å². The number of rotatable bonds is 4. The van der Waals surface area contributed by atoms with Crippen molar-refractivity contribution in [3.63, 3.8) is 0 Å². The fourth-order valence-corrected chi connectivity index (χ4v) is 5.72. The zero-order valence-electron chi connectivity index (χ0n) is 21.3. The van der Waals surface area contributed by atoms with Crippen LogP contribution >= 0.6 is 0 Å². The Morgan fingerprint density at radius 1 is 0.600 bits per heavy atom. The lowest BCUT2D eigenvalue weighted by atomic mass is 9.99. The largest absolute Gasteiger partial charge is 0.456 e. The number of benzene rings is 4. The van der Waals surface area contributed by atoms with Gasteiger partial charge in [-0.05, 0) is 71.8 Å². The van der Waals surface area contributed by atoms with E-state index in [1.54, 1.807) is 12.4 Å². The molecule has 0 bridgehead atoms. The molecular weight excluding hydrogens is 497 g/mol. The molecule has 0 amide bonds. The van der Waals surface area contributed by atoms with Crippen LogP contribution in [0.5, 0.6) is 0 Å². The molecule has 190 valence electrons. The van der Waals surface area contributed by atoms with Gasteiger partial charge in [0.2, 0.25) is 0 Å². The summed E-state index contributed by atoms with van der Waals surface area (Å²) in [5, 5.41) is 4.16. The van der Waals surface area contributed by atoms with E-state index in [1.165, 1.54) is 0 Å². The predicted molar refractivity (Wildman–Crippen MR) is 158 cm³/mol. The topological polar surface area (TPSA) is 43.9 Å². The van der Waals surface area contributed by atoms with E-state index in [9.17, 15) is 0 Å². The van der Waals surface area contributed by atoms with Crippen molar-refractivity contribution < 1.29 is 8.81 Å². The Morgan fingerprint density at radius 3 is 2.30 bits per heavy atom. The second-order valence-electron chi connectivity index (χ2n) is 9.97. The zero-order chi connectivity index (χ0) is 26.6. The first-order valence-corrected chi connectivity index (χ1v) is 13.2. The summed E-state index contributed by atoms with van der Waals surface area (Å²) < 4.78 is 24.4. The number of hydrogen-bond donors (Lipinski definition) is 0. The van der Waals surface area contributed by atoms with E-state index in [1.807, 2.05) is 91.0 Å². The van der Waals surface area contributed by atoms with Crippen molar-refractivity contribution in [2.24, 2.45) is 0 Å². The molecule has 1 unspecified atom stereocenters. The zero-order valence-corrected chi connectivity index (χ0v) is 21.3. The van der Waals surface area contributed by atoms with Crippen LogP contribution in [0, 0.1) is 0 Å². The SMILES string of the molecule is FC(c1cccc(-c2ccccn2)c1)c1cccc(-n2c3cc4c(cc3c3cccnc32)oc2ccccc24)c1. The highest BCUT2D eigenvalue weighted by Crippen LogP contribution is 2.38. The van der Waals surface area contributed by atoms with Crippen LogP contribution in [0.3, 0.4) is 0 Å². The van der Waals surface area contributed by atoms with Crippen LogP contribution in [0.4, 0.5) is 4.39 Å². The van der Waals surface area contributed by atoms with Gasteiger partial charge < -0.3 is 4.42 Å². The third kappa shape index (κ3) is 3.52. The highest BCUT2D eigenvalue weighted by atomic mass is 19.1. The summed E-state index contributed by atoms with van der Waals surface area (Å²) in [6.07, 6.45) is 2.25. The quantitative estimate of drug-likeness (QED) is 0.233. The van der Waals surface area contributed by atoms with Crippen LogP contribution in [-0.2, 0) is 0 Å². The molecule has 0 spiro atoms. The minimum atomic E-state index is -1.30. The van der Waals surface area contributed by atoms with Crippen LogP contribution in [0.25, 0.3) is 60.8 Å². The highest BCUT2D eigenvalue weighted by Gasteiger charge is 2.19. The molecule has 0 saturated heterocycles. The summed E-state index contributed by atoms with van der Waals surface area (Å²) in [4.78, 5) is 9.17. The maximum absolute atomic E-state index is 16.1. The molecule has 5 heteroatoms. The molecule has 8 aromatic rings. The second-order valence-corrected chi connectivity index (χ2v) is 9.97. The summed E-state index contributed by atoms with van der Waals surface area (Å²) in [7, 11) is 0. The van der Waals surface area contributed by atoms with Gasteiger partial charge >= 0.3 is 0 Å². The predicted octanol–water partition coefficient (Wildman–Crippen LogP) is 9.20. The first kappa shape index (κ1) is 22.7. The highest BCUT2D eigenvalue weighted by molar-refractivity contribution is 6.16. The molecular formula is C35H22FN3O. The number of furan rings is 1. The summed E-state index contributed by atoms with van der Waals surface area (Å²) in [6, 6.07) is 37.3. The molecule has 4 aromatic heterocycles. The molecule has 0 saturated carbocycles. The monoisotopic (exact) mass is 519 g/mol. The van der Waals surface area contributed by atoms with Crippen molar-refractivity contribution in [3.8, 4) is 16.9 Å². The Kier molecular flexibility index (Phi) is 5.04. The Morgan fingerprint density at radius 2 is 1.40 bits per heavy atom. The molecule has 4 heterocycles. The number of hydrogen-bond acceptors (Lipinski definition) is 3. The normalized spacial score (nSPS) is 12.5. The molecule has 40 heavy (non-hydrogen) atoms. The Balaban J connectivity index is 1.30. The van der Waals surface area contributed by atoms with E-state index in [-0.39, 0.29) is 0 Å². The number of halogens is 1. The first-order chi connectivity index (χ1) is 19.7. The first-order valence-electron chi connectivity index (χ1n) is 13.2. The van der Waals surface area contributed by atoms with Gasteiger partial charge in [-0.2, -0.15) is 0 Å². The van der Waals surface area contributed by atoms with Gasteiger partial charge in [-0.15, -0.1) is 0 Å². The average molecular weight is 520 g/mol. The van der Waals surface area contributed by atoms with Crippen molar-refractivity contribution in [2.75, 3.05) is 0 Å². The third-order valence-electron chi connectivity index (χ3n) is 7.59. The van der Waals surface area contributed by atoms with Gasteiger partial charge in [0.15, 0.2) is 6.17 Å². The molecule has 4 nitrogen and oxygen atoms in total. The van der Waals surface area contributed by atoms with Crippen molar-refractivity contribution >= 4 is 43.9 Å². The van der Waals surface area contributed by atoms with Gasteiger partial charge in [0.05, 0.1) is 11.2 Å². The lowest BCUT2D eigenvalue weighted by molar-refractivity contribution is 0.402. The summed E-state index contributed by atoms with van der Waals surface area (Å²) >= 11 is 0. The summed E-state index contributed by atoms with van der Waals surface area (Å²) in [5.41, 5.74) is 7.24. The van der Waals surface area contributed by atoms with E-state index in [0.29, 0.717) is 11.1 Å². The van der Waals surface area contributed by atoms with Gasteiger partial charge in [-0.1, -0.05) is 54.6 Å². The molecule has 4 aromatic carbocycles. The van der Waals surface area contributed by atoms with Gasteiger partial charge in [-0.3, -0.25) is 9.55 Å². The van der Waals surface area contributed by atoms with Gasteiger partial charge in [0.25, 0.3) is 0 Å². The Hall–Kier alpha value is -5.29. The molecule has 8 rings (SSSR count). The van der Waals surface area contributed by atoms with E-state index < -0.39 is 6.17 Å². The van der Waals surface area contributed by atoms with Crippen molar-refractivity contribution in [2.45, 2.75) is 6.17 Å². The van der Waals surface area contributed by atoms with Gasteiger partial charge in [0.1, 0.15) is 16.8 Å². The molecule has 0 N–H and O–H groups in total. The van der Waals surface area contributed by atoms with Crippen LogP contribution in [0.1, 0.15) is 17.3 Å². The smallest absolute Gasteiger partial charge is 0.150 e. The summed E-state index contributed by atoms with van der Waals surface area (Å²) in [5.74, 6) is 0. The number of para-hydroxylation sites is 1. The van der Waals surface area contributed by atoms with Gasteiger partial charge in [0, 0.05) is 45.2 Å². The maximum Gasteiger partial charge on any atom is 0.150 e. The number of pyridine rings is 2. The Bertz CT molecular complexity index is 2200. The molecule has 1 atom stereocenters. The molecule has 0 aliphatic heterocycles. The van der Waals surface area contributed by atoms with Crippen LogP contribution < -0.4 is 0 Å².